The van der Waals surface area contributed by atoms with Crippen LogP contribution in [0.25, 0.3) is 0 Å². The maximum atomic E-state index is 5.90. The second-order valence-corrected chi connectivity index (χ2v) is 6.82. The lowest BCUT2D eigenvalue weighted by atomic mass is 9.90. The first-order valence-electron chi connectivity index (χ1n) is 9.10. The van der Waals surface area contributed by atoms with Crippen LogP contribution in [0.5, 0.6) is 5.88 Å². The lowest BCUT2D eigenvalue weighted by Crippen LogP contribution is -2.14. The van der Waals surface area contributed by atoms with Gasteiger partial charge in [0, 0.05) is 24.7 Å². The van der Waals surface area contributed by atoms with Gasteiger partial charge < -0.3 is 4.74 Å². The fourth-order valence-corrected chi connectivity index (χ4v) is 3.00. The summed E-state index contributed by atoms with van der Waals surface area (Å²) >= 11 is 0. The smallest absolute Gasteiger partial charge is 0.213 e. The number of aromatic nitrogens is 2. The topological polar surface area (TPSA) is 35.0 Å². The van der Waals surface area contributed by atoms with Gasteiger partial charge in [0.25, 0.3) is 0 Å². The van der Waals surface area contributed by atoms with Crippen molar-refractivity contribution in [1.29, 1.82) is 0 Å². The van der Waals surface area contributed by atoms with Crippen molar-refractivity contribution in [2.75, 3.05) is 0 Å². The van der Waals surface area contributed by atoms with Crippen LogP contribution in [0.15, 0.2) is 36.8 Å². The fraction of sp³-hybridized carbons (Fsp3) is 0.524. The molecule has 0 aliphatic carbocycles. The molecule has 0 amide bonds. The molecule has 1 atom stereocenters. The lowest BCUT2D eigenvalue weighted by Gasteiger charge is -2.18. The molecule has 0 spiro atoms. The SMILES string of the molecule is CCC(CC)Oc1ccc(C(C)Cc2cnccc2C(C)C)cn1. The Labute approximate surface area is 146 Å². The summed E-state index contributed by atoms with van der Waals surface area (Å²) in [5, 5.41) is 0. The summed E-state index contributed by atoms with van der Waals surface area (Å²) in [6, 6.07) is 6.27. The van der Waals surface area contributed by atoms with Crippen LogP contribution >= 0.6 is 0 Å². The van der Waals surface area contributed by atoms with Gasteiger partial charge in [-0.25, -0.2) is 4.98 Å². The zero-order valence-electron chi connectivity index (χ0n) is 15.6. The molecule has 0 aliphatic heterocycles. The van der Waals surface area contributed by atoms with Crippen LogP contribution in [-0.2, 0) is 6.42 Å². The third kappa shape index (κ3) is 4.80. The van der Waals surface area contributed by atoms with Crippen LogP contribution in [0.4, 0.5) is 0 Å². The van der Waals surface area contributed by atoms with Gasteiger partial charge >= 0.3 is 0 Å². The summed E-state index contributed by atoms with van der Waals surface area (Å²) in [4.78, 5) is 8.80. The highest BCUT2D eigenvalue weighted by atomic mass is 16.5. The lowest BCUT2D eigenvalue weighted by molar-refractivity contribution is 0.185. The first kappa shape index (κ1) is 18.4. The normalized spacial score (nSPS) is 12.6. The highest BCUT2D eigenvalue weighted by Crippen LogP contribution is 2.26. The van der Waals surface area contributed by atoms with Gasteiger partial charge in [0.05, 0.1) is 6.10 Å². The molecular weight excluding hydrogens is 296 g/mol. The van der Waals surface area contributed by atoms with Gasteiger partial charge in [0.15, 0.2) is 0 Å². The van der Waals surface area contributed by atoms with E-state index in [0.29, 0.717) is 11.8 Å². The molecule has 3 nitrogen and oxygen atoms in total. The first-order chi connectivity index (χ1) is 11.5. The van der Waals surface area contributed by atoms with Gasteiger partial charge in [-0.2, -0.15) is 0 Å². The number of hydrogen-bond donors (Lipinski definition) is 0. The molecule has 2 aromatic rings. The third-order valence-corrected chi connectivity index (χ3v) is 4.62. The third-order valence-electron chi connectivity index (χ3n) is 4.62. The standard InChI is InChI=1S/C21H30N2O/c1-6-19(7-2)24-21-9-8-17(14-23-21)16(5)12-18-13-22-11-10-20(18)15(3)4/h8-11,13-16,19H,6-7,12H2,1-5H3. The van der Waals surface area contributed by atoms with E-state index in [1.54, 1.807) is 0 Å². The zero-order valence-corrected chi connectivity index (χ0v) is 15.6. The molecule has 2 aromatic heterocycles. The highest BCUT2D eigenvalue weighted by Gasteiger charge is 2.13. The molecule has 24 heavy (non-hydrogen) atoms. The van der Waals surface area contributed by atoms with E-state index in [0.717, 1.165) is 25.1 Å². The Morgan fingerprint density at radius 3 is 2.33 bits per heavy atom. The zero-order chi connectivity index (χ0) is 17.5. The molecule has 2 heterocycles. The molecule has 2 rings (SSSR count). The minimum absolute atomic E-state index is 0.254. The van der Waals surface area contributed by atoms with E-state index in [1.807, 2.05) is 24.7 Å². The van der Waals surface area contributed by atoms with E-state index in [1.165, 1.54) is 16.7 Å². The molecule has 0 saturated carbocycles. The van der Waals surface area contributed by atoms with E-state index in [4.69, 9.17) is 4.74 Å². The van der Waals surface area contributed by atoms with Crippen molar-refractivity contribution < 1.29 is 4.74 Å². The van der Waals surface area contributed by atoms with Crippen LogP contribution < -0.4 is 4.74 Å². The summed E-state index contributed by atoms with van der Waals surface area (Å²) < 4.78 is 5.90. The molecule has 0 radical (unpaired) electrons. The van der Waals surface area contributed by atoms with Crippen LogP contribution in [-0.4, -0.2) is 16.1 Å². The number of hydrogen-bond acceptors (Lipinski definition) is 3. The van der Waals surface area contributed by atoms with Crippen molar-refractivity contribution in [3.8, 4) is 5.88 Å². The quantitative estimate of drug-likeness (QED) is 0.641. The van der Waals surface area contributed by atoms with Crippen LogP contribution in [0.2, 0.25) is 0 Å². The Hall–Kier alpha value is -1.90. The van der Waals surface area contributed by atoms with Gasteiger partial charge in [-0.15, -0.1) is 0 Å². The van der Waals surface area contributed by atoms with E-state index in [2.05, 4.69) is 56.7 Å². The largest absolute Gasteiger partial charge is 0.474 e. The van der Waals surface area contributed by atoms with Crippen molar-refractivity contribution in [2.24, 2.45) is 0 Å². The first-order valence-corrected chi connectivity index (χ1v) is 9.10. The van der Waals surface area contributed by atoms with Crippen LogP contribution in [0.1, 0.15) is 76.0 Å². The number of nitrogens with zero attached hydrogens (tertiary/aromatic N) is 2. The minimum atomic E-state index is 0.254. The van der Waals surface area contributed by atoms with Crippen molar-refractivity contribution >= 4 is 0 Å². The van der Waals surface area contributed by atoms with Crippen LogP contribution in [0, 0.1) is 0 Å². The van der Waals surface area contributed by atoms with E-state index >= 15 is 0 Å². The molecule has 3 heteroatoms. The summed E-state index contributed by atoms with van der Waals surface area (Å²) in [6.07, 6.45) is 9.09. The molecule has 130 valence electrons. The summed E-state index contributed by atoms with van der Waals surface area (Å²) in [6.45, 7) is 11.0. The van der Waals surface area contributed by atoms with Gasteiger partial charge in [-0.3, -0.25) is 4.98 Å². The summed E-state index contributed by atoms with van der Waals surface area (Å²) in [7, 11) is 0. The molecule has 0 fully saturated rings. The van der Waals surface area contributed by atoms with Gasteiger partial charge in [-0.1, -0.05) is 40.7 Å². The number of pyridine rings is 2. The van der Waals surface area contributed by atoms with Crippen molar-refractivity contribution in [3.05, 3.63) is 53.5 Å². The Morgan fingerprint density at radius 1 is 1.00 bits per heavy atom. The van der Waals surface area contributed by atoms with E-state index in [-0.39, 0.29) is 6.10 Å². The number of rotatable bonds is 8. The predicted molar refractivity (Wildman–Crippen MR) is 99.7 cm³/mol. The Bertz CT molecular complexity index is 618. The second kappa shape index (κ2) is 8.81. The highest BCUT2D eigenvalue weighted by molar-refractivity contribution is 5.30. The summed E-state index contributed by atoms with van der Waals surface area (Å²) in [5.74, 6) is 1.65. The Kier molecular flexibility index (Phi) is 6.77. The van der Waals surface area contributed by atoms with Crippen molar-refractivity contribution in [3.63, 3.8) is 0 Å². The Balaban J connectivity index is 2.07. The maximum absolute atomic E-state index is 5.90. The maximum Gasteiger partial charge on any atom is 0.213 e. The van der Waals surface area contributed by atoms with E-state index < -0.39 is 0 Å². The second-order valence-electron chi connectivity index (χ2n) is 6.82. The molecule has 0 aromatic carbocycles. The summed E-state index contributed by atoms with van der Waals surface area (Å²) in [5.41, 5.74) is 3.96. The fourth-order valence-electron chi connectivity index (χ4n) is 3.00. The monoisotopic (exact) mass is 326 g/mol. The molecular formula is C21H30N2O. The predicted octanol–water partition coefficient (Wildman–Crippen LogP) is 5.51. The molecule has 1 unspecified atom stereocenters. The van der Waals surface area contributed by atoms with E-state index in [9.17, 15) is 0 Å². The van der Waals surface area contributed by atoms with Gasteiger partial charge in [-0.05, 0) is 53.9 Å². The van der Waals surface area contributed by atoms with Gasteiger partial charge in [0.2, 0.25) is 5.88 Å². The van der Waals surface area contributed by atoms with Crippen molar-refractivity contribution in [2.45, 2.75) is 71.8 Å². The molecule has 0 aliphatic rings. The molecule has 0 N–H and O–H groups in total. The minimum Gasteiger partial charge on any atom is -0.474 e. The number of ether oxygens (including phenoxy) is 1. The van der Waals surface area contributed by atoms with Crippen LogP contribution in [0.3, 0.4) is 0 Å². The molecule has 0 bridgehead atoms. The average molecular weight is 326 g/mol. The average Bonchev–Trinajstić information content (AvgIpc) is 2.60. The van der Waals surface area contributed by atoms with Gasteiger partial charge in [0.1, 0.15) is 0 Å². The van der Waals surface area contributed by atoms with Crippen molar-refractivity contribution in [1.82, 2.24) is 9.97 Å². The molecule has 0 saturated heterocycles. The Morgan fingerprint density at radius 2 is 1.75 bits per heavy atom.